The van der Waals surface area contributed by atoms with Crippen LogP contribution >= 0.6 is 22.9 Å². The van der Waals surface area contributed by atoms with Crippen LogP contribution in [0.1, 0.15) is 43.2 Å². The maximum Gasteiger partial charge on any atom is 0.0960 e. The standard InChI is InChI=1S/C11H18ClNS/c1-4-8(5-2)10(13)9-6-7(3)11(12)14-9/h6,8,10H,4-5,13H2,1-3H3. The molecule has 0 spiro atoms. The second-order valence-corrected chi connectivity index (χ2v) is 5.39. The highest BCUT2D eigenvalue weighted by Crippen LogP contribution is 2.34. The highest BCUT2D eigenvalue weighted by Gasteiger charge is 2.18. The molecule has 1 heterocycles. The number of rotatable bonds is 4. The summed E-state index contributed by atoms with van der Waals surface area (Å²) in [5.41, 5.74) is 7.34. The van der Waals surface area contributed by atoms with E-state index in [-0.39, 0.29) is 6.04 Å². The van der Waals surface area contributed by atoms with Crippen molar-refractivity contribution in [3.05, 3.63) is 20.8 Å². The number of halogens is 1. The third-order valence-electron chi connectivity index (χ3n) is 2.76. The van der Waals surface area contributed by atoms with E-state index < -0.39 is 0 Å². The Morgan fingerprint density at radius 3 is 2.36 bits per heavy atom. The van der Waals surface area contributed by atoms with Gasteiger partial charge in [-0.15, -0.1) is 11.3 Å². The lowest BCUT2D eigenvalue weighted by molar-refractivity contribution is 0.410. The number of thiophene rings is 1. The van der Waals surface area contributed by atoms with Crippen molar-refractivity contribution in [1.82, 2.24) is 0 Å². The molecule has 0 fully saturated rings. The molecular formula is C11H18ClNS. The molecule has 0 bridgehead atoms. The van der Waals surface area contributed by atoms with Gasteiger partial charge in [0.15, 0.2) is 0 Å². The Bertz CT molecular complexity index is 272. The van der Waals surface area contributed by atoms with Crippen molar-refractivity contribution < 1.29 is 0 Å². The fourth-order valence-electron chi connectivity index (χ4n) is 1.68. The van der Waals surface area contributed by atoms with Gasteiger partial charge in [-0.1, -0.05) is 38.3 Å². The zero-order valence-corrected chi connectivity index (χ0v) is 10.6. The van der Waals surface area contributed by atoms with Crippen LogP contribution < -0.4 is 5.73 Å². The first kappa shape index (κ1) is 12.0. The van der Waals surface area contributed by atoms with Crippen molar-refractivity contribution >= 4 is 22.9 Å². The zero-order valence-electron chi connectivity index (χ0n) is 9.01. The topological polar surface area (TPSA) is 26.0 Å². The van der Waals surface area contributed by atoms with Crippen LogP contribution in [0.25, 0.3) is 0 Å². The smallest absolute Gasteiger partial charge is 0.0960 e. The van der Waals surface area contributed by atoms with Gasteiger partial charge in [0.2, 0.25) is 0 Å². The Morgan fingerprint density at radius 1 is 1.43 bits per heavy atom. The molecule has 2 N–H and O–H groups in total. The van der Waals surface area contributed by atoms with Crippen molar-refractivity contribution in [2.24, 2.45) is 11.7 Å². The predicted octanol–water partition coefficient (Wildman–Crippen LogP) is 4.15. The Labute approximate surface area is 95.3 Å². The first-order valence-electron chi connectivity index (χ1n) is 5.11. The lowest BCUT2D eigenvalue weighted by Gasteiger charge is -2.19. The minimum absolute atomic E-state index is 0.154. The van der Waals surface area contributed by atoms with Crippen LogP contribution in [0, 0.1) is 12.8 Å². The lowest BCUT2D eigenvalue weighted by atomic mass is 9.94. The van der Waals surface area contributed by atoms with Gasteiger partial charge in [0.25, 0.3) is 0 Å². The van der Waals surface area contributed by atoms with Gasteiger partial charge in [-0.25, -0.2) is 0 Å². The number of aryl methyl sites for hydroxylation is 1. The van der Waals surface area contributed by atoms with E-state index in [4.69, 9.17) is 17.3 Å². The number of hydrogen-bond donors (Lipinski definition) is 1. The second kappa shape index (κ2) is 5.15. The van der Waals surface area contributed by atoms with Gasteiger partial charge >= 0.3 is 0 Å². The van der Waals surface area contributed by atoms with E-state index in [1.807, 2.05) is 6.92 Å². The Kier molecular flexibility index (Phi) is 4.42. The summed E-state index contributed by atoms with van der Waals surface area (Å²) in [5.74, 6) is 0.573. The molecule has 80 valence electrons. The summed E-state index contributed by atoms with van der Waals surface area (Å²) >= 11 is 7.65. The van der Waals surface area contributed by atoms with Gasteiger partial charge in [-0.2, -0.15) is 0 Å². The van der Waals surface area contributed by atoms with Crippen molar-refractivity contribution in [2.75, 3.05) is 0 Å². The lowest BCUT2D eigenvalue weighted by Crippen LogP contribution is -2.19. The summed E-state index contributed by atoms with van der Waals surface area (Å²) in [4.78, 5) is 1.22. The molecule has 1 aromatic heterocycles. The Morgan fingerprint density at radius 2 is 2.00 bits per heavy atom. The van der Waals surface area contributed by atoms with Gasteiger partial charge in [0.1, 0.15) is 0 Å². The van der Waals surface area contributed by atoms with Crippen LogP contribution in [-0.4, -0.2) is 0 Å². The highest BCUT2D eigenvalue weighted by atomic mass is 35.5. The van der Waals surface area contributed by atoms with Gasteiger partial charge in [0, 0.05) is 10.9 Å². The fraction of sp³-hybridized carbons (Fsp3) is 0.636. The fourth-order valence-corrected chi connectivity index (χ4v) is 2.99. The quantitative estimate of drug-likeness (QED) is 0.828. The maximum atomic E-state index is 6.19. The summed E-state index contributed by atoms with van der Waals surface area (Å²) in [7, 11) is 0. The molecule has 0 radical (unpaired) electrons. The van der Waals surface area contributed by atoms with Gasteiger partial charge < -0.3 is 5.73 Å². The molecule has 0 aliphatic rings. The predicted molar refractivity (Wildman–Crippen MR) is 65.1 cm³/mol. The van der Waals surface area contributed by atoms with Crippen molar-refractivity contribution in [3.8, 4) is 0 Å². The summed E-state index contributed by atoms with van der Waals surface area (Å²) in [6, 6.07) is 2.27. The average molecular weight is 232 g/mol. The molecule has 1 atom stereocenters. The van der Waals surface area contributed by atoms with Crippen LogP contribution in [0.15, 0.2) is 6.07 Å². The van der Waals surface area contributed by atoms with E-state index in [0.717, 1.165) is 22.7 Å². The molecule has 1 nitrogen and oxygen atoms in total. The van der Waals surface area contributed by atoms with Crippen molar-refractivity contribution in [2.45, 2.75) is 39.7 Å². The van der Waals surface area contributed by atoms with E-state index in [1.54, 1.807) is 11.3 Å². The van der Waals surface area contributed by atoms with Crippen molar-refractivity contribution in [3.63, 3.8) is 0 Å². The molecule has 0 amide bonds. The normalized spacial score (nSPS) is 13.6. The van der Waals surface area contributed by atoms with Gasteiger partial charge in [-0.05, 0) is 24.5 Å². The van der Waals surface area contributed by atoms with Crippen LogP contribution in [0.4, 0.5) is 0 Å². The summed E-state index contributed by atoms with van der Waals surface area (Å²) in [5, 5.41) is 0. The Hall–Kier alpha value is -0.0500. The summed E-state index contributed by atoms with van der Waals surface area (Å²) in [6.45, 7) is 6.41. The molecule has 0 saturated heterocycles. The molecule has 0 aromatic carbocycles. The highest BCUT2D eigenvalue weighted by molar-refractivity contribution is 7.16. The first-order valence-corrected chi connectivity index (χ1v) is 6.31. The van der Waals surface area contributed by atoms with E-state index in [9.17, 15) is 0 Å². The molecule has 1 aromatic rings. The van der Waals surface area contributed by atoms with Crippen molar-refractivity contribution in [1.29, 1.82) is 0 Å². The third kappa shape index (κ3) is 2.50. The third-order valence-corrected chi connectivity index (χ3v) is 4.42. The number of nitrogens with two attached hydrogens (primary N) is 1. The van der Waals surface area contributed by atoms with Crippen LogP contribution in [0.3, 0.4) is 0 Å². The van der Waals surface area contributed by atoms with E-state index >= 15 is 0 Å². The average Bonchev–Trinajstić information content (AvgIpc) is 2.49. The van der Waals surface area contributed by atoms with Crippen LogP contribution in [0.5, 0.6) is 0 Å². The molecular weight excluding hydrogens is 214 g/mol. The first-order chi connectivity index (χ1) is 6.60. The van der Waals surface area contributed by atoms with Gasteiger partial charge in [-0.3, -0.25) is 0 Å². The Balaban J connectivity index is 2.82. The minimum Gasteiger partial charge on any atom is -0.323 e. The molecule has 1 unspecified atom stereocenters. The second-order valence-electron chi connectivity index (χ2n) is 3.71. The number of hydrogen-bond acceptors (Lipinski definition) is 2. The minimum atomic E-state index is 0.154. The molecule has 0 aliphatic carbocycles. The monoisotopic (exact) mass is 231 g/mol. The van der Waals surface area contributed by atoms with E-state index in [1.165, 1.54) is 4.88 Å². The largest absolute Gasteiger partial charge is 0.323 e. The van der Waals surface area contributed by atoms with E-state index in [0.29, 0.717) is 5.92 Å². The van der Waals surface area contributed by atoms with Crippen LogP contribution in [-0.2, 0) is 0 Å². The van der Waals surface area contributed by atoms with E-state index in [2.05, 4.69) is 19.9 Å². The molecule has 0 aliphatic heterocycles. The molecule has 0 saturated carbocycles. The SMILES string of the molecule is CCC(CC)C(N)c1cc(C)c(Cl)s1. The van der Waals surface area contributed by atoms with Gasteiger partial charge in [0.05, 0.1) is 4.34 Å². The maximum absolute atomic E-state index is 6.19. The summed E-state index contributed by atoms with van der Waals surface area (Å²) < 4.78 is 0.876. The molecule has 3 heteroatoms. The molecule has 1 rings (SSSR count). The molecule has 14 heavy (non-hydrogen) atoms. The van der Waals surface area contributed by atoms with Crippen LogP contribution in [0.2, 0.25) is 4.34 Å². The summed E-state index contributed by atoms with van der Waals surface area (Å²) in [6.07, 6.45) is 2.26. The zero-order chi connectivity index (χ0) is 10.7.